The summed E-state index contributed by atoms with van der Waals surface area (Å²) in [4.78, 5) is 34.6. The third-order valence-corrected chi connectivity index (χ3v) is 4.29. The highest BCUT2D eigenvalue weighted by molar-refractivity contribution is 7.99. The largest absolute Gasteiger partial charge is 0.452 e. The highest BCUT2D eigenvalue weighted by Crippen LogP contribution is 2.16. The predicted octanol–water partition coefficient (Wildman–Crippen LogP) is 3.06. The number of nitrogens with zero attached hydrogens (tertiary/aromatic N) is 1. The van der Waals surface area contributed by atoms with Crippen molar-refractivity contribution < 1.29 is 19.2 Å². The van der Waals surface area contributed by atoms with E-state index in [1.54, 1.807) is 17.8 Å². The summed E-state index contributed by atoms with van der Waals surface area (Å²) in [5, 5.41) is 13.4. The van der Waals surface area contributed by atoms with E-state index < -0.39 is 10.9 Å². The molecular formula is C19H18N2O5S. The molecule has 0 fully saturated rings. The van der Waals surface area contributed by atoms with E-state index in [4.69, 9.17) is 4.74 Å². The van der Waals surface area contributed by atoms with E-state index in [1.165, 1.54) is 24.3 Å². The van der Waals surface area contributed by atoms with Gasteiger partial charge in [-0.2, -0.15) is 0 Å². The molecule has 2 aromatic rings. The van der Waals surface area contributed by atoms with Gasteiger partial charge < -0.3 is 10.1 Å². The second-order valence-electron chi connectivity index (χ2n) is 5.30. The van der Waals surface area contributed by atoms with Crippen molar-refractivity contribution in [1.82, 2.24) is 5.32 Å². The van der Waals surface area contributed by atoms with Crippen LogP contribution >= 0.6 is 11.8 Å². The van der Waals surface area contributed by atoms with Crippen molar-refractivity contribution in [3.8, 4) is 0 Å². The molecule has 0 heterocycles. The van der Waals surface area contributed by atoms with E-state index in [0.29, 0.717) is 17.9 Å². The average Bonchev–Trinajstić information content (AvgIpc) is 2.69. The number of nitro benzene ring substituents is 1. The maximum atomic E-state index is 11.7. The lowest BCUT2D eigenvalue weighted by Gasteiger charge is -2.05. The van der Waals surface area contributed by atoms with E-state index in [1.807, 2.05) is 30.3 Å². The van der Waals surface area contributed by atoms with Crippen LogP contribution in [0.25, 0.3) is 6.08 Å². The minimum atomic E-state index is -0.699. The fourth-order valence-electron chi connectivity index (χ4n) is 2.02. The van der Waals surface area contributed by atoms with Crippen LogP contribution < -0.4 is 5.32 Å². The summed E-state index contributed by atoms with van der Waals surface area (Å²) in [5.41, 5.74) is 0.418. The maximum Gasteiger partial charge on any atom is 0.331 e. The van der Waals surface area contributed by atoms with Gasteiger partial charge in [-0.25, -0.2) is 4.79 Å². The monoisotopic (exact) mass is 386 g/mol. The van der Waals surface area contributed by atoms with Gasteiger partial charge in [0.05, 0.1) is 4.92 Å². The smallest absolute Gasteiger partial charge is 0.331 e. The Bertz CT molecular complexity index is 824. The maximum absolute atomic E-state index is 11.7. The number of hydrogen-bond donors (Lipinski definition) is 1. The first-order valence-electron chi connectivity index (χ1n) is 8.08. The Morgan fingerprint density at radius 2 is 1.93 bits per heavy atom. The molecule has 27 heavy (non-hydrogen) atoms. The first-order chi connectivity index (χ1) is 13.0. The Hall–Kier alpha value is -3.13. The van der Waals surface area contributed by atoms with E-state index in [2.05, 4.69) is 5.32 Å². The Morgan fingerprint density at radius 1 is 1.15 bits per heavy atom. The van der Waals surface area contributed by atoms with Crippen molar-refractivity contribution >= 4 is 35.4 Å². The van der Waals surface area contributed by atoms with E-state index >= 15 is 0 Å². The summed E-state index contributed by atoms with van der Waals surface area (Å²) < 4.78 is 4.84. The molecule has 7 nitrogen and oxygen atoms in total. The molecule has 0 saturated heterocycles. The van der Waals surface area contributed by atoms with Crippen molar-refractivity contribution in [3.63, 3.8) is 0 Å². The zero-order valence-corrected chi connectivity index (χ0v) is 15.2. The van der Waals surface area contributed by atoms with Crippen molar-refractivity contribution in [2.45, 2.75) is 4.90 Å². The van der Waals surface area contributed by atoms with Crippen molar-refractivity contribution in [2.75, 3.05) is 18.9 Å². The molecule has 1 amide bonds. The van der Waals surface area contributed by atoms with Gasteiger partial charge in [-0.15, -0.1) is 11.8 Å². The first-order valence-corrected chi connectivity index (χ1v) is 9.07. The molecule has 0 aliphatic carbocycles. The number of hydrogen-bond acceptors (Lipinski definition) is 6. The molecule has 0 atom stereocenters. The predicted molar refractivity (Wildman–Crippen MR) is 103 cm³/mol. The number of nitro groups is 1. The number of carbonyl (C=O) groups excluding carboxylic acids is 2. The third-order valence-electron chi connectivity index (χ3n) is 3.27. The molecule has 0 aromatic heterocycles. The van der Waals surface area contributed by atoms with Crippen molar-refractivity contribution in [1.29, 1.82) is 0 Å². The summed E-state index contributed by atoms with van der Waals surface area (Å²) in [6.07, 6.45) is 2.52. The molecule has 0 unspecified atom stereocenters. The van der Waals surface area contributed by atoms with Gasteiger partial charge in [-0.05, 0) is 23.8 Å². The van der Waals surface area contributed by atoms with Crippen LogP contribution in [0.5, 0.6) is 0 Å². The quantitative estimate of drug-likeness (QED) is 0.178. The van der Waals surface area contributed by atoms with Crippen molar-refractivity contribution in [2.24, 2.45) is 0 Å². The Labute approximate surface area is 160 Å². The van der Waals surface area contributed by atoms with Gasteiger partial charge in [-0.1, -0.05) is 30.3 Å². The highest BCUT2D eigenvalue weighted by atomic mass is 32.2. The zero-order valence-electron chi connectivity index (χ0n) is 14.4. The van der Waals surface area contributed by atoms with Gasteiger partial charge in [0.1, 0.15) is 0 Å². The second kappa shape index (κ2) is 10.8. The second-order valence-corrected chi connectivity index (χ2v) is 6.47. The minimum Gasteiger partial charge on any atom is -0.452 e. The molecule has 0 saturated carbocycles. The van der Waals surface area contributed by atoms with Gasteiger partial charge in [0, 0.05) is 35.4 Å². The molecule has 2 aromatic carbocycles. The number of carbonyl (C=O) groups is 2. The molecule has 0 aliphatic heterocycles. The summed E-state index contributed by atoms with van der Waals surface area (Å²) in [5.74, 6) is -0.382. The molecule has 0 spiro atoms. The standard InChI is InChI=1S/C19H18N2O5S/c22-18(20-11-12-27-17-7-2-1-3-8-17)14-26-19(23)10-9-15-5-4-6-16(13-15)21(24)25/h1-10,13H,11-12,14H2,(H,20,22)/b10-9+. The Balaban J connectivity index is 1.66. The number of ether oxygens (including phenoxy) is 1. The SMILES string of the molecule is O=C(COC(=O)/C=C/c1cccc([N+](=O)[O-])c1)NCCSc1ccccc1. The highest BCUT2D eigenvalue weighted by Gasteiger charge is 2.06. The van der Waals surface area contributed by atoms with Crippen molar-refractivity contribution in [3.05, 3.63) is 76.4 Å². The van der Waals surface area contributed by atoms with Crippen LogP contribution in [0, 0.1) is 10.1 Å². The third kappa shape index (κ3) is 7.74. The average molecular weight is 386 g/mol. The minimum absolute atomic E-state index is 0.0710. The van der Waals surface area contributed by atoms with Crippen LogP contribution in [0.1, 0.15) is 5.56 Å². The lowest BCUT2D eigenvalue weighted by atomic mass is 10.2. The Kier molecular flexibility index (Phi) is 8.05. The summed E-state index contributed by atoms with van der Waals surface area (Å²) in [6.45, 7) is 0.0770. The topological polar surface area (TPSA) is 98.5 Å². The molecule has 1 N–H and O–H groups in total. The molecule has 140 valence electrons. The van der Waals surface area contributed by atoms with Gasteiger partial charge in [-0.3, -0.25) is 14.9 Å². The van der Waals surface area contributed by atoms with Crippen LogP contribution in [0.15, 0.2) is 65.6 Å². The first kappa shape index (κ1) is 20.2. The van der Waals surface area contributed by atoms with Crippen LogP contribution in [0.3, 0.4) is 0 Å². The lowest BCUT2D eigenvalue weighted by Crippen LogP contribution is -2.30. The fraction of sp³-hybridized carbons (Fsp3) is 0.158. The molecule has 0 bridgehead atoms. The molecule has 8 heteroatoms. The van der Waals surface area contributed by atoms with Crippen LogP contribution in [0.4, 0.5) is 5.69 Å². The van der Waals surface area contributed by atoms with Crippen LogP contribution in [-0.2, 0) is 14.3 Å². The number of thioether (sulfide) groups is 1. The summed E-state index contributed by atoms with van der Waals surface area (Å²) in [6, 6.07) is 15.6. The fourth-order valence-corrected chi connectivity index (χ4v) is 2.81. The number of amides is 1. The molecule has 2 rings (SSSR count). The number of benzene rings is 2. The zero-order chi connectivity index (χ0) is 19.5. The summed E-state index contributed by atoms with van der Waals surface area (Å²) in [7, 11) is 0. The Morgan fingerprint density at radius 3 is 2.67 bits per heavy atom. The number of esters is 1. The van der Waals surface area contributed by atoms with Gasteiger partial charge >= 0.3 is 5.97 Å². The number of non-ortho nitro benzene ring substituents is 1. The summed E-state index contributed by atoms with van der Waals surface area (Å²) >= 11 is 1.61. The van der Waals surface area contributed by atoms with E-state index in [-0.39, 0.29) is 18.2 Å². The van der Waals surface area contributed by atoms with Gasteiger partial charge in [0.15, 0.2) is 6.61 Å². The van der Waals surface area contributed by atoms with Crippen LogP contribution in [0.2, 0.25) is 0 Å². The number of nitrogens with one attached hydrogen (secondary N) is 1. The van der Waals surface area contributed by atoms with E-state index in [0.717, 1.165) is 11.0 Å². The number of rotatable bonds is 9. The van der Waals surface area contributed by atoms with E-state index in [9.17, 15) is 19.7 Å². The van der Waals surface area contributed by atoms with Crippen LogP contribution in [-0.4, -0.2) is 35.7 Å². The lowest BCUT2D eigenvalue weighted by molar-refractivity contribution is -0.384. The molecular weight excluding hydrogens is 368 g/mol. The molecule has 0 aliphatic rings. The normalized spacial score (nSPS) is 10.5. The molecule has 0 radical (unpaired) electrons. The van der Waals surface area contributed by atoms with Gasteiger partial charge in [0.2, 0.25) is 0 Å². The van der Waals surface area contributed by atoms with Gasteiger partial charge in [0.25, 0.3) is 11.6 Å².